The monoisotopic (exact) mass is 276 g/mol. The minimum atomic E-state index is -0.737. The predicted octanol–water partition coefficient (Wildman–Crippen LogP) is 0.989. The zero-order valence-corrected chi connectivity index (χ0v) is 11.3. The first kappa shape index (κ1) is 13.0. The van der Waals surface area contributed by atoms with Crippen LogP contribution in [0.3, 0.4) is 0 Å². The molecule has 0 amide bonds. The lowest BCUT2D eigenvalue weighted by Gasteiger charge is -2.11. The Labute approximate surface area is 116 Å². The van der Waals surface area contributed by atoms with Gasteiger partial charge in [-0.2, -0.15) is 0 Å². The van der Waals surface area contributed by atoms with Crippen LogP contribution in [-0.4, -0.2) is 45.1 Å². The van der Waals surface area contributed by atoms with Crippen LogP contribution in [-0.2, 0) is 7.05 Å². The van der Waals surface area contributed by atoms with Gasteiger partial charge in [0, 0.05) is 38.6 Å². The molecule has 2 aromatic rings. The molecule has 0 aliphatic carbocycles. The number of nitrogens with one attached hydrogen (secondary N) is 2. The minimum Gasteiger partial charge on any atom is -0.367 e. The van der Waals surface area contributed by atoms with Crippen molar-refractivity contribution in [3.8, 4) is 11.5 Å². The van der Waals surface area contributed by atoms with Crippen molar-refractivity contribution < 1.29 is 4.39 Å². The molecule has 2 atom stereocenters. The van der Waals surface area contributed by atoms with Gasteiger partial charge in [0.15, 0.2) is 5.82 Å². The first-order chi connectivity index (χ1) is 9.72. The summed E-state index contributed by atoms with van der Waals surface area (Å²) in [6, 6.07) is 3.89. The number of nitrogens with zero attached hydrogens (tertiary/aromatic N) is 4. The van der Waals surface area contributed by atoms with E-state index in [-0.39, 0.29) is 6.04 Å². The molecule has 1 aliphatic rings. The van der Waals surface area contributed by atoms with Crippen LogP contribution in [0.4, 0.5) is 10.2 Å². The highest BCUT2D eigenvalue weighted by molar-refractivity contribution is 5.51. The minimum absolute atomic E-state index is 0.154. The normalized spacial score (nSPS) is 22.1. The maximum Gasteiger partial charge on any atom is 0.160 e. The van der Waals surface area contributed by atoms with Gasteiger partial charge in [-0.3, -0.25) is 0 Å². The second kappa shape index (κ2) is 5.54. The largest absolute Gasteiger partial charge is 0.367 e. The van der Waals surface area contributed by atoms with Crippen molar-refractivity contribution in [2.75, 3.05) is 18.4 Å². The zero-order valence-electron chi connectivity index (χ0n) is 11.3. The van der Waals surface area contributed by atoms with E-state index < -0.39 is 6.17 Å². The lowest BCUT2D eigenvalue weighted by Crippen LogP contribution is -2.29. The van der Waals surface area contributed by atoms with Gasteiger partial charge in [-0.25, -0.2) is 9.37 Å². The quantitative estimate of drug-likeness (QED) is 0.871. The van der Waals surface area contributed by atoms with Crippen LogP contribution in [0.15, 0.2) is 24.5 Å². The highest BCUT2D eigenvalue weighted by Crippen LogP contribution is 2.15. The number of aromatic nitrogens is 4. The standard InChI is InChI=1S/C13H17FN6/c1-20-5-4-15-13(20)11-2-3-12(19-18-11)17-8-10-6-9(14)7-16-10/h2-5,9-10,16H,6-8H2,1H3,(H,17,19). The van der Waals surface area contributed by atoms with Gasteiger partial charge in [0.1, 0.15) is 17.7 Å². The van der Waals surface area contributed by atoms with Crippen LogP contribution in [0.2, 0.25) is 0 Å². The molecule has 0 saturated carbocycles. The number of imidazole rings is 1. The van der Waals surface area contributed by atoms with Crippen molar-refractivity contribution in [3.05, 3.63) is 24.5 Å². The van der Waals surface area contributed by atoms with Crippen LogP contribution in [0.1, 0.15) is 6.42 Å². The van der Waals surface area contributed by atoms with Crippen molar-refractivity contribution >= 4 is 5.82 Å². The molecular formula is C13H17FN6. The third kappa shape index (κ3) is 2.77. The van der Waals surface area contributed by atoms with Gasteiger partial charge in [0.05, 0.1) is 0 Å². The van der Waals surface area contributed by atoms with Crippen molar-refractivity contribution in [3.63, 3.8) is 0 Å². The van der Waals surface area contributed by atoms with Gasteiger partial charge in [-0.1, -0.05) is 0 Å². The highest BCUT2D eigenvalue weighted by Gasteiger charge is 2.23. The third-order valence-corrected chi connectivity index (χ3v) is 3.41. The Balaban J connectivity index is 1.60. The maximum absolute atomic E-state index is 13.0. The summed E-state index contributed by atoms with van der Waals surface area (Å²) in [5, 5.41) is 14.6. The molecule has 0 spiro atoms. The predicted molar refractivity (Wildman–Crippen MR) is 74.0 cm³/mol. The molecule has 106 valence electrons. The fraction of sp³-hybridized carbons (Fsp3) is 0.462. The summed E-state index contributed by atoms with van der Waals surface area (Å²) in [5.74, 6) is 1.47. The van der Waals surface area contributed by atoms with E-state index >= 15 is 0 Å². The Morgan fingerprint density at radius 3 is 2.95 bits per heavy atom. The van der Waals surface area contributed by atoms with E-state index in [1.165, 1.54) is 0 Å². The summed E-state index contributed by atoms with van der Waals surface area (Å²) in [5.41, 5.74) is 0.728. The molecule has 2 unspecified atom stereocenters. The molecule has 0 bridgehead atoms. The molecule has 3 rings (SSSR count). The van der Waals surface area contributed by atoms with Crippen LogP contribution in [0, 0.1) is 0 Å². The SMILES string of the molecule is Cn1ccnc1-c1ccc(NCC2CC(F)CN2)nn1. The van der Waals surface area contributed by atoms with Crippen molar-refractivity contribution in [1.82, 2.24) is 25.1 Å². The first-order valence-electron chi connectivity index (χ1n) is 6.65. The van der Waals surface area contributed by atoms with Gasteiger partial charge >= 0.3 is 0 Å². The van der Waals surface area contributed by atoms with E-state index in [1.807, 2.05) is 29.9 Å². The average molecular weight is 276 g/mol. The fourth-order valence-electron chi connectivity index (χ4n) is 2.31. The number of hydrogen-bond donors (Lipinski definition) is 2. The van der Waals surface area contributed by atoms with Crippen LogP contribution < -0.4 is 10.6 Å². The Morgan fingerprint density at radius 1 is 1.45 bits per heavy atom. The molecule has 7 heteroatoms. The number of hydrogen-bond acceptors (Lipinski definition) is 5. The molecule has 20 heavy (non-hydrogen) atoms. The van der Waals surface area contributed by atoms with Crippen LogP contribution >= 0.6 is 0 Å². The smallest absolute Gasteiger partial charge is 0.160 e. The van der Waals surface area contributed by atoms with Gasteiger partial charge < -0.3 is 15.2 Å². The lowest BCUT2D eigenvalue weighted by molar-refractivity contribution is 0.356. The topological polar surface area (TPSA) is 67.7 Å². The van der Waals surface area contributed by atoms with Crippen molar-refractivity contribution in [2.45, 2.75) is 18.6 Å². The third-order valence-electron chi connectivity index (χ3n) is 3.41. The highest BCUT2D eigenvalue weighted by atomic mass is 19.1. The summed E-state index contributed by atoms with van der Waals surface area (Å²) in [7, 11) is 1.91. The van der Waals surface area contributed by atoms with E-state index in [2.05, 4.69) is 25.8 Å². The van der Waals surface area contributed by atoms with Gasteiger partial charge in [-0.05, 0) is 18.6 Å². The van der Waals surface area contributed by atoms with Crippen LogP contribution in [0.5, 0.6) is 0 Å². The first-order valence-corrected chi connectivity index (χ1v) is 6.65. The number of anilines is 1. The summed E-state index contributed by atoms with van der Waals surface area (Å²) < 4.78 is 14.9. The van der Waals surface area contributed by atoms with Crippen LogP contribution in [0.25, 0.3) is 11.5 Å². The Kier molecular flexibility index (Phi) is 3.60. The molecule has 1 fully saturated rings. The molecule has 6 nitrogen and oxygen atoms in total. The van der Waals surface area contributed by atoms with E-state index in [4.69, 9.17) is 0 Å². The molecular weight excluding hydrogens is 259 g/mol. The molecule has 2 aromatic heterocycles. The molecule has 1 aliphatic heterocycles. The van der Waals surface area contributed by atoms with E-state index in [0.717, 1.165) is 11.5 Å². The van der Waals surface area contributed by atoms with Gasteiger partial charge in [0.25, 0.3) is 0 Å². The van der Waals surface area contributed by atoms with Crippen molar-refractivity contribution in [2.24, 2.45) is 7.05 Å². The Morgan fingerprint density at radius 2 is 2.35 bits per heavy atom. The number of aryl methyl sites for hydroxylation is 1. The summed E-state index contributed by atoms with van der Waals surface area (Å²) >= 11 is 0. The second-order valence-corrected chi connectivity index (χ2v) is 4.98. The number of halogens is 1. The van der Waals surface area contributed by atoms with Crippen molar-refractivity contribution in [1.29, 1.82) is 0 Å². The van der Waals surface area contributed by atoms with Gasteiger partial charge in [-0.15, -0.1) is 10.2 Å². The molecule has 0 radical (unpaired) electrons. The number of alkyl halides is 1. The van der Waals surface area contributed by atoms with E-state index in [0.29, 0.717) is 25.3 Å². The van der Waals surface area contributed by atoms with Gasteiger partial charge in [0.2, 0.25) is 0 Å². The van der Waals surface area contributed by atoms with E-state index in [9.17, 15) is 4.39 Å². The second-order valence-electron chi connectivity index (χ2n) is 4.98. The Hall–Kier alpha value is -2.02. The fourth-order valence-corrected chi connectivity index (χ4v) is 2.31. The number of rotatable bonds is 4. The average Bonchev–Trinajstić information content (AvgIpc) is 3.06. The van der Waals surface area contributed by atoms with E-state index in [1.54, 1.807) is 6.20 Å². The summed E-state index contributed by atoms with van der Waals surface area (Å²) in [6.07, 6.45) is 3.40. The molecule has 1 saturated heterocycles. The molecule has 3 heterocycles. The lowest BCUT2D eigenvalue weighted by atomic mass is 10.2. The Bertz CT molecular complexity index is 566. The molecule has 0 aromatic carbocycles. The zero-order chi connectivity index (χ0) is 13.9. The maximum atomic E-state index is 13.0. The summed E-state index contributed by atoms with van der Waals surface area (Å²) in [6.45, 7) is 1.09. The summed E-state index contributed by atoms with van der Waals surface area (Å²) in [4.78, 5) is 4.22. The molecule has 2 N–H and O–H groups in total.